The third-order valence-corrected chi connectivity index (χ3v) is 3.33. The summed E-state index contributed by atoms with van der Waals surface area (Å²) in [4.78, 5) is 15.5. The van der Waals surface area contributed by atoms with E-state index in [4.69, 9.17) is 5.11 Å². The lowest BCUT2D eigenvalue weighted by molar-refractivity contribution is -0.136. The molecule has 0 saturated carbocycles. The first-order chi connectivity index (χ1) is 10.0. The Labute approximate surface area is 120 Å². The molecule has 4 nitrogen and oxygen atoms in total. The van der Waals surface area contributed by atoms with Gasteiger partial charge in [0.25, 0.3) is 0 Å². The summed E-state index contributed by atoms with van der Waals surface area (Å²) >= 11 is 0. The number of hydrogen-bond acceptors (Lipinski definition) is 2. The summed E-state index contributed by atoms with van der Waals surface area (Å²) in [5.41, 5.74) is 3.50. The Morgan fingerprint density at radius 1 is 1.24 bits per heavy atom. The van der Waals surface area contributed by atoms with E-state index in [0.717, 1.165) is 11.1 Å². The highest BCUT2D eigenvalue weighted by molar-refractivity contribution is 5.76. The molecular formula is C16H13FN2O2. The van der Waals surface area contributed by atoms with Gasteiger partial charge in [-0.15, -0.1) is 0 Å². The quantitative estimate of drug-likeness (QED) is 0.804. The maximum atomic E-state index is 13.4. The third kappa shape index (κ3) is 2.50. The summed E-state index contributed by atoms with van der Waals surface area (Å²) in [6.07, 6.45) is 1.05. The first kappa shape index (κ1) is 13.3. The second-order valence-electron chi connectivity index (χ2n) is 4.92. The summed E-state index contributed by atoms with van der Waals surface area (Å²) in [5, 5.41) is 9.09. The minimum Gasteiger partial charge on any atom is -0.481 e. The number of halogens is 1. The van der Waals surface area contributed by atoms with Gasteiger partial charge in [-0.3, -0.25) is 9.20 Å². The zero-order valence-electron chi connectivity index (χ0n) is 11.4. The summed E-state index contributed by atoms with van der Waals surface area (Å²) in [6, 6.07) is 10.5. The Hall–Kier alpha value is -2.69. The van der Waals surface area contributed by atoms with Crippen LogP contribution in [-0.2, 0) is 11.2 Å². The van der Waals surface area contributed by atoms with E-state index in [-0.39, 0.29) is 6.42 Å². The van der Waals surface area contributed by atoms with Crippen molar-refractivity contribution in [2.24, 2.45) is 0 Å². The molecule has 2 heterocycles. The first-order valence-corrected chi connectivity index (χ1v) is 6.50. The largest absolute Gasteiger partial charge is 0.481 e. The number of fused-ring (bicyclic) bond motifs is 1. The van der Waals surface area contributed by atoms with Gasteiger partial charge in [-0.05, 0) is 19.1 Å². The van der Waals surface area contributed by atoms with Gasteiger partial charge in [0, 0.05) is 11.8 Å². The van der Waals surface area contributed by atoms with E-state index >= 15 is 0 Å². The molecule has 21 heavy (non-hydrogen) atoms. The Morgan fingerprint density at radius 3 is 2.62 bits per heavy atom. The van der Waals surface area contributed by atoms with Crippen molar-refractivity contribution in [3.63, 3.8) is 0 Å². The molecule has 1 aromatic carbocycles. The molecule has 5 heteroatoms. The summed E-state index contributed by atoms with van der Waals surface area (Å²) in [5.74, 6) is -1.41. The molecule has 3 rings (SSSR count). The van der Waals surface area contributed by atoms with Crippen molar-refractivity contribution in [1.29, 1.82) is 0 Å². The topological polar surface area (TPSA) is 54.6 Å². The molecule has 0 atom stereocenters. The van der Waals surface area contributed by atoms with Crippen molar-refractivity contribution < 1.29 is 14.3 Å². The van der Waals surface area contributed by atoms with E-state index in [0.29, 0.717) is 17.0 Å². The molecule has 3 aromatic rings. The van der Waals surface area contributed by atoms with Crippen molar-refractivity contribution in [3.05, 3.63) is 59.7 Å². The van der Waals surface area contributed by atoms with Crippen LogP contribution >= 0.6 is 0 Å². The highest BCUT2D eigenvalue weighted by Crippen LogP contribution is 2.25. The molecule has 106 valence electrons. The van der Waals surface area contributed by atoms with Crippen LogP contribution in [0, 0.1) is 12.7 Å². The Balaban J connectivity index is 2.25. The van der Waals surface area contributed by atoms with Gasteiger partial charge in [-0.2, -0.15) is 0 Å². The molecule has 0 saturated heterocycles. The van der Waals surface area contributed by atoms with Crippen molar-refractivity contribution in [2.75, 3.05) is 0 Å². The number of imidazole rings is 1. The van der Waals surface area contributed by atoms with Gasteiger partial charge in [0.15, 0.2) is 0 Å². The van der Waals surface area contributed by atoms with Gasteiger partial charge in [0.2, 0.25) is 0 Å². The van der Waals surface area contributed by atoms with E-state index < -0.39 is 11.8 Å². The highest BCUT2D eigenvalue weighted by atomic mass is 19.1. The molecule has 0 unspecified atom stereocenters. The second-order valence-corrected chi connectivity index (χ2v) is 4.92. The molecule has 0 radical (unpaired) electrons. The predicted octanol–water partition coefficient (Wildman–Crippen LogP) is 3.08. The van der Waals surface area contributed by atoms with Crippen LogP contribution in [0.1, 0.15) is 11.3 Å². The smallest absolute Gasteiger partial charge is 0.309 e. The summed E-state index contributed by atoms with van der Waals surface area (Å²) < 4.78 is 14.9. The summed E-state index contributed by atoms with van der Waals surface area (Å²) in [6.45, 7) is 1.97. The molecule has 0 aliphatic carbocycles. The van der Waals surface area contributed by atoms with Crippen molar-refractivity contribution in [1.82, 2.24) is 9.38 Å². The molecule has 0 aliphatic heterocycles. The van der Waals surface area contributed by atoms with Crippen molar-refractivity contribution in [3.8, 4) is 11.3 Å². The average molecular weight is 284 g/mol. The lowest BCUT2D eigenvalue weighted by atomic mass is 10.1. The zero-order chi connectivity index (χ0) is 15.0. The van der Waals surface area contributed by atoms with E-state index in [1.54, 1.807) is 6.07 Å². The fourth-order valence-electron chi connectivity index (χ4n) is 2.32. The van der Waals surface area contributed by atoms with Gasteiger partial charge < -0.3 is 5.11 Å². The van der Waals surface area contributed by atoms with E-state index in [9.17, 15) is 9.18 Å². The number of carboxylic acid groups (broad SMARTS) is 1. The summed E-state index contributed by atoms with van der Waals surface area (Å²) in [7, 11) is 0. The van der Waals surface area contributed by atoms with Crippen LogP contribution in [0.25, 0.3) is 16.9 Å². The standard InChI is InChI=1S/C16H13FN2O2/c1-10-2-4-11(5-3-10)16-13(8-15(20)21)19-9-12(17)6-7-14(19)18-16/h2-7,9H,8H2,1H3,(H,20,21). The minimum absolute atomic E-state index is 0.214. The lowest BCUT2D eigenvalue weighted by Crippen LogP contribution is -2.05. The second kappa shape index (κ2) is 5.01. The molecule has 2 aromatic heterocycles. The first-order valence-electron chi connectivity index (χ1n) is 6.50. The molecule has 0 spiro atoms. The van der Waals surface area contributed by atoms with Crippen LogP contribution in [0.4, 0.5) is 4.39 Å². The number of carbonyl (C=O) groups is 1. The molecule has 0 fully saturated rings. The third-order valence-electron chi connectivity index (χ3n) is 3.33. The number of pyridine rings is 1. The van der Waals surface area contributed by atoms with Crippen LogP contribution in [0.2, 0.25) is 0 Å². The van der Waals surface area contributed by atoms with E-state index in [1.165, 1.54) is 16.7 Å². The number of aliphatic carboxylic acids is 1. The molecule has 1 N–H and O–H groups in total. The average Bonchev–Trinajstić information content (AvgIpc) is 2.77. The minimum atomic E-state index is -0.977. The molecule has 0 aliphatic rings. The van der Waals surface area contributed by atoms with Gasteiger partial charge in [0.05, 0.1) is 17.8 Å². The number of rotatable bonds is 3. The van der Waals surface area contributed by atoms with Crippen molar-refractivity contribution in [2.45, 2.75) is 13.3 Å². The zero-order valence-corrected chi connectivity index (χ0v) is 11.4. The monoisotopic (exact) mass is 284 g/mol. The van der Waals surface area contributed by atoms with Gasteiger partial charge >= 0.3 is 5.97 Å². The predicted molar refractivity (Wildman–Crippen MR) is 76.7 cm³/mol. The Bertz CT molecular complexity index is 822. The highest BCUT2D eigenvalue weighted by Gasteiger charge is 2.17. The van der Waals surface area contributed by atoms with Gasteiger partial charge in [0.1, 0.15) is 11.5 Å². The number of carboxylic acids is 1. The molecule has 0 amide bonds. The van der Waals surface area contributed by atoms with Crippen LogP contribution in [0.15, 0.2) is 42.6 Å². The molecular weight excluding hydrogens is 271 g/mol. The number of aryl methyl sites for hydroxylation is 1. The lowest BCUT2D eigenvalue weighted by Gasteiger charge is -2.03. The van der Waals surface area contributed by atoms with Crippen molar-refractivity contribution >= 4 is 11.6 Å². The molecule has 0 bridgehead atoms. The number of aromatic nitrogens is 2. The fourth-order valence-corrected chi connectivity index (χ4v) is 2.32. The van der Waals surface area contributed by atoms with E-state index in [2.05, 4.69) is 4.98 Å². The van der Waals surface area contributed by atoms with Crippen LogP contribution in [-0.4, -0.2) is 20.5 Å². The Kier molecular flexibility index (Phi) is 3.17. The number of benzene rings is 1. The SMILES string of the molecule is Cc1ccc(-c2nc3ccc(F)cn3c2CC(=O)O)cc1. The van der Waals surface area contributed by atoms with Gasteiger partial charge in [-0.25, -0.2) is 9.37 Å². The Morgan fingerprint density at radius 2 is 1.95 bits per heavy atom. The van der Waals surface area contributed by atoms with Gasteiger partial charge in [-0.1, -0.05) is 29.8 Å². The van der Waals surface area contributed by atoms with E-state index in [1.807, 2.05) is 31.2 Å². The maximum absolute atomic E-state index is 13.4. The normalized spacial score (nSPS) is 11.0. The van der Waals surface area contributed by atoms with Crippen LogP contribution < -0.4 is 0 Å². The number of nitrogens with zero attached hydrogens (tertiary/aromatic N) is 2. The fraction of sp³-hybridized carbons (Fsp3) is 0.125. The van der Waals surface area contributed by atoms with Crippen LogP contribution in [0.5, 0.6) is 0 Å². The maximum Gasteiger partial charge on any atom is 0.309 e. The number of hydrogen-bond donors (Lipinski definition) is 1. The van der Waals surface area contributed by atoms with Crippen LogP contribution in [0.3, 0.4) is 0 Å².